The Hall–Kier alpha value is -2.91. The Kier molecular flexibility index (Phi) is 3.14. The summed E-state index contributed by atoms with van der Waals surface area (Å²) in [6.07, 6.45) is 1.28. The molecular formula is C9H10N6O4. The zero-order valence-corrected chi connectivity index (χ0v) is 10.1. The number of hydrogen-bond donors (Lipinski definition) is 2. The third-order valence-corrected chi connectivity index (χ3v) is 2.10. The summed E-state index contributed by atoms with van der Waals surface area (Å²) in [5, 5.41) is 12.6. The second-order valence-corrected chi connectivity index (χ2v) is 3.29. The molecule has 2 aromatic heterocycles. The molecule has 2 aromatic rings. The molecule has 0 aliphatic heterocycles. The minimum Gasteiger partial charge on any atom is -0.476 e. The van der Waals surface area contributed by atoms with Gasteiger partial charge in [-0.1, -0.05) is 0 Å². The van der Waals surface area contributed by atoms with Crippen molar-refractivity contribution < 1.29 is 19.4 Å². The van der Waals surface area contributed by atoms with Gasteiger partial charge in [0.05, 0.1) is 26.1 Å². The van der Waals surface area contributed by atoms with E-state index >= 15 is 0 Å². The minimum absolute atomic E-state index is 0.00722. The fraction of sp³-hybridized carbons (Fsp3) is 0.222. The standard InChI is InChI=1S/C9H10N6O4/c1-18-8-11-7(12-9(13-8)19-2)15-3-4(10)5(14-15)6(16)17/h3H,10H2,1-2H3,(H,16,17). The zero-order valence-electron chi connectivity index (χ0n) is 10.1. The van der Waals surface area contributed by atoms with Gasteiger partial charge in [0.25, 0.3) is 5.95 Å². The zero-order chi connectivity index (χ0) is 14.0. The van der Waals surface area contributed by atoms with Crippen LogP contribution in [0.3, 0.4) is 0 Å². The van der Waals surface area contributed by atoms with Crippen molar-refractivity contribution in [2.24, 2.45) is 0 Å². The molecule has 0 saturated heterocycles. The maximum Gasteiger partial charge on any atom is 0.358 e. The summed E-state index contributed by atoms with van der Waals surface area (Å²) in [5.74, 6) is -1.22. The van der Waals surface area contributed by atoms with Crippen LogP contribution < -0.4 is 15.2 Å². The van der Waals surface area contributed by atoms with Crippen LogP contribution in [0.1, 0.15) is 10.5 Å². The molecular weight excluding hydrogens is 256 g/mol. The first-order valence-corrected chi connectivity index (χ1v) is 4.98. The van der Waals surface area contributed by atoms with Crippen molar-refractivity contribution in [1.82, 2.24) is 24.7 Å². The Labute approximate surface area is 106 Å². The SMILES string of the molecule is COc1nc(OC)nc(-n2cc(N)c(C(=O)O)n2)n1. The number of ether oxygens (including phenoxy) is 2. The Bertz CT molecular complexity index is 603. The lowest BCUT2D eigenvalue weighted by molar-refractivity contribution is 0.0691. The first-order chi connectivity index (χ1) is 9.05. The van der Waals surface area contributed by atoms with Gasteiger partial charge in [0.1, 0.15) is 0 Å². The van der Waals surface area contributed by atoms with Crippen molar-refractivity contribution in [1.29, 1.82) is 0 Å². The molecule has 0 bridgehead atoms. The average Bonchev–Trinajstić information content (AvgIpc) is 2.80. The molecule has 0 amide bonds. The summed E-state index contributed by atoms with van der Waals surface area (Å²) in [4.78, 5) is 22.5. The lowest BCUT2D eigenvalue weighted by Crippen LogP contribution is -2.08. The second-order valence-electron chi connectivity index (χ2n) is 3.29. The maximum atomic E-state index is 10.9. The lowest BCUT2D eigenvalue weighted by Gasteiger charge is -2.04. The van der Waals surface area contributed by atoms with Crippen molar-refractivity contribution >= 4 is 11.7 Å². The smallest absolute Gasteiger partial charge is 0.358 e. The highest BCUT2D eigenvalue weighted by atomic mass is 16.5. The molecule has 0 saturated carbocycles. The number of carbonyl (C=O) groups is 1. The highest BCUT2D eigenvalue weighted by Crippen LogP contribution is 2.15. The number of hydrogen-bond acceptors (Lipinski definition) is 8. The van der Waals surface area contributed by atoms with E-state index < -0.39 is 5.97 Å². The number of methoxy groups -OCH3 is 2. The summed E-state index contributed by atoms with van der Waals surface area (Å²) in [7, 11) is 2.75. The molecule has 3 N–H and O–H groups in total. The van der Waals surface area contributed by atoms with E-state index in [9.17, 15) is 4.79 Å². The minimum atomic E-state index is -1.25. The van der Waals surface area contributed by atoms with E-state index in [-0.39, 0.29) is 29.4 Å². The van der Waals surface area contributed by atoms with Crippen LogP contribution in [0, 0.1) is 0 Å². The van der Waals surface area contributed by atoms with E-state index in [0.717, 1.165) is 4.68 Å². The average molecular weight is 266 g/mol. The van der Waals surface area contributed by atoms with Crippen LogP contribution in [0.2, 0.25) is 0 Å². The fourth-order valence-corrected chi connectivity index (χ4v) is 1.27. The lowest BCUT2D eigenvalue weighted by atomic mass is 10.4. The van der Waals surface area contributed by atoms with E-state index in [4.69, 9.17) is 20.3 Å². The van der Waals surface area contributed by atoms with E-state index in [1.54, 1.807) is 0 Å². The topological polar surface area (TPSA) is 138 Å². The molecule has 0 radical (unpaired) electrons. The summed E-state index contributed by atoms with van der Waals surface area (Å²) < 4.78 is 10.8. The van der Waals surface area contributed by atoms with E-state index in [1.165, 1.54) is 20.4 Å². The van der Waals surface area contributed by atoms with Crippen molar-refractivity contribution in [3.8, 4) is 18.0 Å². The Balaban J connectivity index is 2.51. The first kappa shape index (κ1) is 12.5. The number of carboxylic acid groups (broad SMARTS) is 1. The molecule has 0 unspecified atom stereocenters. The third kappa shape index (κ3) is 2.36. The molecule has 0 aromatic carbocycles. The van der Waals surface area contributed by atoms with E-state index in [0.29, 0.717) is 0 Å². The molecule has 0 spiro atoms. The van der Waals surface area contributed by atoms with E-state index in [1.807, 2.05) is 0 Å². The Morgan fingerprint density at radius 3 is 2.26 bits per heavy atom. The summed E-state index contributed by atoms with van der Waals surface area (Å²) in [5.41, 5.74) is 5.22. The van der Waals surface area contributed by atoms with Gasteiger partial charge >= 0.3 is 18.0 Å². The van der Waals surface area contributed by atoms with Crippen LogP contribution in [0.15, 0.2) is 6.20 Å². The van der Waals surface area contributed by atoms with Crippen molar-refractivity contribution in [3.05, 3.63) is 11.9 Å². The number of aromatic carboxylic acids is 1. The normalized spacial score (nSPS) is 10.2. The van der Waals surface area contributed by atoms with Crippen molar-refractivity contribution in [2.45, 2.75) is 0 Å². The van der Waals surface area contributed by atoms with Crippen LogP contribution in [-0.2, 0) is 0 Å². The van der Waals surface area contributed by atoms with Gasteiger partial charge in [0.15, 0.2) is 5.69 Å². The third-order valence-electron chi connectivity index (χ3n) is 2.10. The number of nitrogens with two attached hydrogens (primary N) is 1. The summed E-state index contributed by atoms with van der Waals surface area (Å²) >= 11 is 0. The molecule has 2 rings (SSSR count). The molecule has 0 atom stereocenters. The van der Waals surface area contributed by atoms with Crippen LogP contribution >= 0.6 is 0 Å². The molecule has 10 heteroatoms. The highest BCUT2D eigenvalue weighted by molar-refractivity contribution is 5.91. The van der Waals surface area contributed by atoms with Crippen molar-refractivity contribution in [2.75, 3.05) is 20.0 Å². The van der Waals surface area contributed by atoms with Crippen molar-refractivity contribution in [3.63, 3.8) is 0 Å². The monoisotopic (exact) mass is 266 g/mol. The van der Waals surface area contributed by atoms with Gasteiger partial charge in [-0.3, -0.25) is 0 Å². The number of rotatable bonds is 4. The second kappa shape index (κ2) is 4.76. The van der Waals surface area contributed by atoms with Crippen LogP contribution in [0.5, 0.6) is 12.0 Å². The molecule has 10 nitrogen and oxygen atoms in total. The molecule has 2 heterocycles. The number of nitrogens with zero attached hydrogens (tertiary/aromatic N) is 5. The van der Waals surface area contributed by atoms with Gasteiger partial charge in [0.2, 0.25) is 0 Å². The maximum absolute atomic E-state index is 10.9. The Morgan fingerprint density at radius 1 is 1.26 bits per heavy atom. The fourth-order valence-electron chi connectivity index (χ4n) is 1.27. The van der Waals surface area contributed by atoms with Gasteiger partial charge < -0.3 is 20.3 Å². The van der Waals surface area contributed by atoms with Gasteiger partial charge in [-0.05, 0) is 0 Å². The highest BCUT2D eigenvalue weighted by Gasteiger charge is 2.17. The van der Waals surface area contributed by atoms with Gasteiger partial charge in [-0.25, -0.2) is 9.48 Å². The Morgan fingerprint density at radius 2 is 1.84 bits per heavy atom. The van der Waals surface area contributed by atoms with Gasteiger partial charge in [0, 0.05) is 0 Å². The number of carboxylic acids is 1. The number of nitrogen functional groups attached to an aromatic ring is 1. The summed E-state index contributed by atoms with van der Waals surface area (Å²) in [6, 6.07) is 0.0144. The molecule has 19 heavy (non-hydrogen) atoms. The molecule has 0 aliphatic rings. The number of anilines is 1. The molecule has 100 valence electrons. The summed E-state index contributed by atoms with van der Waals surface area (Å²) in [6.45, 7) is 0. The van der Waals surface area contributed by atoms with Crippen LogP contribution in [-0.4, -0.2) is 50.0 Å². The largest absolute Gasteiger partial charge is 0.476 e. The number of aromatic nitrogens is 5. The van der Waals surface area contributed by atoms with Crippen LogP contribution in [0.4, 0.5) is 5.69 Å². The molecule has 0 aliphatic carbocycles. The van der Waals surface area contributed by atoms with Gasteiger partial charge in [-0.15, -0.1) is 4.98 Å². The first-order valence-electron chi connectivity index (χ1n) is 4.98. The van der Waals surface area contributed by atoms with Crippen LogP contribution in [0.25, 0.3) is 5.95 Å². The predicted octanol–water partition coefficient (Wildman–Crippen LogP) is -0.645. The predicted molar refractivity (Wildman–Crippen MR) is 61.4 cm³/mol. The quantitative estimate of drug-likeness (QED) is 0.739. The van der Waals surface area contributed by atoms with Gasteiger partial charge in [-0.2, -0.15) is 15.1 Å². The van der Waals surface area contributed by atoms with E-state index in [2.05, 4.69) is 20.1 Å². The molecule has 0 fully saturated rings.